The highest BCUT2D eigenvalue weighted by atomic mass is 19.1. The average molecular weight is 294 g/mol. The van der Waals surface area contributed by atoms with Crippen LogP contribution in [0.3, 0.4) is 0 Å². The number of aromatic amines is 1. The fourth-order valence-electron chi connectivity index (χ4n) is 2.94. The van der Waals surface area contributed by atoms with E-state index in [0.717, 1.165) is 0 Å². The summed E-state index contributed by atoms with van der Waals surface area (Å²) in [6.45, 7) is 4.70. The quantitative estimate of drug-likeness (QED) is 0.892. The van der Waals surface area contributed by atoms with E-state index in [-0.39, 0.29) is 34.3 Å². The Morgan fingerprint density at radius 2 is 2.19 bits per heavy atom. The molecule has 0 bridgehead atoms. The van der Waals surface area contributed by atoms with E-state index in [1.807, 2.05) is 13.8 Å². The Morgan fingerprint density at radius 3 is 2.81 bits per heavy atom. The number of nitrogens with one attached hydrogen (secondary N) is 1. The summed E-state index contributed by atoms with van der Waals surface area (Å²) >= 11 is 0. The second-order valence-corrected chi connectivity index (χ2v) is 5.01. The van der Waals surface area contributed by atoms with Crippen molar-refractivity contribution in [3.63, 3.8) is 0 Å². The van der Waals surface area contributed by atoms with Crippen molar-refractivity contribution in [1.29, 1.82) is 0 Å². The predicted molar refractivity (Wildman–Crippen MR) is 73.2 cm³/mol. The maximum Gasteiger partial charge on any atom is 0.277 e. The van der Waals surface area contributed by atoms with Gasteiger partial charge < -0.3 is 14.2 Å². The van der Waals surface area contributed by atoms with Gasteiger partial charge in [0.2, 0.25) is 0 Å². The minimum absolute atomic E-state index is 0.0159. The molecule has 2 aromatic heterocycles. The van der Waals surface area contributed by atoms with Crippen molar-refractivity contribution in [3.05, 3.63) is 22.0 Å². The minimum Gasteiger partial charge on any atom is -0.493 e. The third-order valence-corrected chi connectivity index (χ3v) is 3.84. The number of amides is 1. The van der Waals surface area contributed by atoms with Crippen molar-refractivity contribution < 1.29 is 13.9 Å². The van der Waals surface area contributed by atoms with Gasteiger partial charge in [0, 0.05) is 19.1 Å². The van der Waals surface area contributed by atoms with Crippen molar-refractivity contribution in [2.75, 3.05) is 20.2 Å². The van der Waals surface area contributed by atoms with Gasteiger partial charge in [0.25, 0.3) is 17.4 Å². The van der Waals surface area contributed by atoms with E-state index in [2.05, 4.69) is 10.2 Å². The van der Waals surface area contributed by atoms with Crippen LogP contribution in [-0.2, 0) is 0 Å². The number of nitrogens with zero attached hydrogens (tertiary/aromatic N) is 3. The molecule has 0 aromatic carbocycles. The summed E-state index contributed by atoms with van der Waals surface area (Å²) in [4.78, 5) is 26.2. The molecule has 0 spiro atoms. The van der Waals surface area contributed by atoms with E-state index in [9.17, 15) is 14.0 Å². The summed E-state index contributed by atoms with van der Waals surface area (Å²) in [7, 11) is 1.36. The van der Waals surface area contributed by atoms with Gasteiger partial charge in [0.05, 0.1) is 7.11 Å². The molecule has 0 aliphatic carbocycles. The number of halogens is 1. The zero-order chi connectivity index (χ0) is 15.3. The first-order valence-corrected chi connectivity index (χ1v) is 6.66. The van der Waals surface area contributed by atoms with Crippen LogP contribution >= 0.6 is 0 Å². The summed E-state index contributed by atoms with van der Waals surface area (Å²) in [5, 5.41) is 5.46. The zero-order valence-electron chi connectivity index (χ0n) is 11.9. The van der Waals surface area contributed by atoms with Crippen LogP contribution in [-0.4, -0.2) is 45.8 Å². The largest absolute Gasteiger partial charge is 0.493 e. The molecule has 1 amide bonds. The standard InChI is InChI=1S/C13H15FN4O3/c1-4-17-5-6(2)18-8-7(12(19)16-15-11(8)14)10(21-3)9(18)13(17)20/h6H,4-5H2,1-3H3,(H,16,19)/t6-/m0/s1. The Kier molecular flexibility index (Phi) is 2.96. The number of hydrogen-bond acceptors (Lipinski definition) is 4. The van der Waals surface area contributed by atoms with Gasteiger partial charge in [0.15, 0.2) is 11.4 Å². The van der Waals surface area contributed by atoms with Gasteiger partial charge in [0.1, 0.15) is 10.9 Å². The molecule has 112 valence electrons. The van der Waals surface area contributed by atoms with Crippen LogP contribution in [0.1, 0.15) is 30.4 Å². The summed E-state index contributed by atoms with van der Waals surface area (Å²) in [5.74, 6) is -0.997. The number of ether oxygens (including phenoxy) is 1. The molecule has 1 aliphatic rings. The summed E-state index contributed by atoms with van der Waals surface area (Å²) in [5.41, 5.74) is -0.360. The fraction of sp³-hybridized carbons (Fsp3) is 0.462. The molecule has 3 rings (SSSR count). The van der Waals surface area contributed by atoms with Gasteiger partial charge in [-0.3, -0.25) is 9.59 Å². The third kappa shape index (κ3) is 1.68. The number of hydrogen-bond donors (Lipinski definition) is 1. The molecule has 21 heavy (non-hydrogen) atoms. The molecular weight excluding hydrogens is 279 g/mol. The smallest absolute Gasteiger partial charge is 0.277 e. The van der Waals surface area contributed by atoms with E-state index in [4.69, 9.17) is 4.74 Å². The average Bonchev–Trinajstić information content (AvgIpc) is 2.83. The van der Waals surface area contributed by atoms with Crippen LogP contribution in [0.15, 0.2) is 4.79 Å². The van der Waals surface area contributed by atoms with Crippen LogP contribution in [0.2, 0.25) is 0 Å². The van der Waals surface area contributed by atoms with E-state index in [1.165, 1.54) is 11.7 Å². The molecule has 1 atom stereocenters. The molecule has 0 saturated heterocycles. The second-order valence-electron chi connectivity index (χ2n) is 5.01. The molecule has 7 nitrogen and oxygen atoms in total. The number of likely N-dealkylation sites (N-methyl/N-ethyl adjacent to an activating group) is 1. The van der Waals surface area contributed by atoms with E-state index in [0.29, 0.717) is 13.1 Å². The first kappa shape index (κ1) is 13.6. The maximum absolute atomic E-state index is 14.1. The van der Waals surface area contributed by atoms with E-state index in [1.54, 1.807) is 4.90 Å². The molecule has 1 N–H and O–H groups in total. The number of rotatable bonds is 2. The van der Waals surface area contributed by atoms with Crippen LogP contribution in [0.4, 0.5) is 4.39 Å². The number of fused-ring (bicyclic) bond motifs is 3. The number of H-pyrrole nitrogens is 1. The number of carbonyl (C=O) groups excluding carboxylic acids is 1. The van der Waals surface area contributed by atoms with E-state index < -0.39 is 11.5 Å². The van der Waals surface area contributed by atoms with Crippen molar-refractivity contribution >= 4 is 16.8 Å². The second kappa shape index (κ2) is 4.57. The lowest BCUT2D eigenvalue weighted by Crippen LogP contribution is -2.42. The van der Waals surface area contributed by atoms with Crippen molar-refractivity contribution in [3.8, 4) is 5.75 Å². The van der Waals surface area contributed by atoms with Crippen molar-refractivity contribution in [1.82, 2.24) is 19.7 Å². The highest BCUT2D eigenvalue weighted by molar-refractivity contribution is 6.04. The first-order valence-electron chi connectivity index (χ1n) is 6.66. The fourth-order valence-corrected chi connectivity index (χ4v) is 2.94. The minimum atomic E-state index is -0.821. The Labute approximate surface area is 119 Å². The lowest BCUT2D eigenvalue weighted by atomic mass is 10.2. The van der Waals surface area contributed by atoms with E-state index >= 15 is 0 Å². The molecule has 1 aliphatic heterocycles. The van der Waals surface area contributed by atoms with Crippen LogP contribution in [0.25, 0.3) is 10.9 Å². The predicted octanol–water partition coefficient (Wildman–Crippen LogP) is 0.909. The molecule has 0 unspecified atom stereocenters. The SMILES string of the molecule is CCN1C[C@H](C)n2c(c(OC)c3c(=O)[nH]nc(F)c32)C1=O. The van der Waals surface area contributed by atoms with Gasteiger partial charge in [-0.2, -0.15) is 4.39 Å². The Morgan fingerprint density at radius 1 is 1.48 bits per heavy atom. The van der Waals surface area contributed by atoms with Crippen LogP contribution in [0, 0.1) is 5.95 Å². The van der Waals surface area contributed by atoms with Crippen molar-refractivity contribution in [2.24, 2.45) is 0 Å². The summed E-state index contributed by atoms with van der Waals surface area (Å²) in [6, 6.07) is -0.179. The van der Waals surface area contributed by atoms with Gasteiger partial charge in [-0.1, -0.05) is 0 Å². The number of carbonyl (C=O) groups is 1. The normalized spacial score (nSPS) is 18.2. The van der Waals surface area contributed by atoms with Gasteiger partial charge >= 0.3 is 0 Å². The molecular formula is C13H15FN4O3. The highest BCUT2D eigenvalue weighted by Gasteiger charge is 2.36. The van der Waals surface area contributed by atoms with Crippen LogP contribution in [0.5, 0.6) is 5.75 Å². The summed E-state index contributed by atoms with van der Waals surface area (Å²) in [6.07, 6.45) is 0. The Bertz CT molecular complexity index is 795. The van der Waals surface area contributed by atoms with Gasteiger partial charge in [-0.25, -0.2) is 5.10 Å². The zero-order valence-corrected chi connectivity index (χ0v) is 11.9. The van der Waals surface area contributed by atoms with Crippen LogP contribution < -0.4 is 10.3 Å². The monoisotopic (exact) mass is 294 g/mol. The van der Waals surface area contributed by atoms with Crippen molar-refractivity contribution in [2.45, 2.75) is 19.9 Å². The first-order chi connectivity index (χ1) is 10.0. The number of methoxy groups -OCH3 is 1. The third-order valence-electron chi connectivity index (χ3n) is 3.84. The molecule has 0 fully saturated rings. The Hall–Kier alpha value is -2.38. The Balaban J connectivity index is 2.48. The molecule has 0 saturated carbocycles. The van der Waals surface area contributed by atoms with Gasteiger partial charge in [-0.15, -0.1) is 5.10 Å². The number of aromatic nitrogens is 3. The lowest BCUT2D eigenvalue weighted by Gasteiger charge is -2.32. The lowest BCUT2D eigenvalue weighted by molar-refractivity contribution is 0.0685. The highest BCUT2D eigenvalue weighted by Crippen LogP contribution is 2.37. The molecule has 2 aromatic rings. The molecule has 3 heterocycles. The van der Waals surface area contributed by atoms with Gasteiger partial charge in [-0.05, 0) is 13.8 Å². The topological polar surface area (TPSA) is 80.2 Å². The maximum atomic E-state index is 14.1. The molecule has 0 radical (unpaired) electrons. The summed E-state index contributed by atoms with van der Waals surface area (Å²) < 4.78 is 20.8. The molecule has 8 heteroatoms.